The van der Waals surface area contributed by atoms with E-state index in [1.54, 1.807) is 13.0 Å². The normalized spacial score (nSPS) is 11.9. The maximum absolute atomic E-state index is 14.3. The molecule has 1 atom stereocenters. The Bertz CT molecular complexity index is 1570. The molecular formula is C30H35BrClN3O7S. The van der Waals surface area contributed by atoms with E-state index in [4.69, 9.17) is 25.8 Å². The lowest BCUT2D eigenvalue weighted by Crippen LogP contribution is -2.52. The Balaban J connectivity index is 2.15. The van der Waals surface area contributed by atoms with Gasteiger partial charge in [0.15, 0.2) is 11.5 Å². The van der Waals surface area contributed by atoms with Crippen molar-refractivity contribution in [2.24, 2.45) is 0 Å². The van der Waals surface area contributed by atoms with Crippen LogP contribution in [0.15, 0.2) is 70.0 Å². The highest BCUT2D eigenvalue weighted by Crippen LogP contribution is 2.37. The second-order valence-electron chi connectivity index (χ2n) is 9.84. The first-order chi connectivity index (χ1) is 20.3. The molecular weight excluding hydrogens is 662 g/mol. The Morgan fingerprint density at radius 1 is 0.907 bits per heavy atom. The first-order valence-electron chi connectivity index (χ1n) is 13.2. The summed E-state index contributed by atoms with van der Waals surface area (Å²) in [5, 5.41) is 3.06. The number of sulfonamides is 1. The van der Waals surface area contributed by atoms with E-state index in [0.717, 1.165) is 14.3 Å². The monoisotopic (exact) mass is 695 g/mol. The van der Waals surface area contributed by atoms with Gasteiger partial charge in [-0.2, -0.15) is 0 Å². The summed E-state index contributed by atoms with van der Waals surface area (Å²) in [6, 6.07) is 14.8. The molecule has 0 heterocycles. The molecule has 10 nitrogen and oxygen atoms in total. The van der Waals surface area contributed by atoms with Crippen molar-refractivity contribution < 1.29 is 32.2 Å². The smallest absolute Gasteiger partial charge is 0.265 e. The van der Waals surface area contributed by atoms with Gasteiger partial charge in [0.05, 0.1) is 31.9 Å². The van der Waals surface area contributed by atoms with Gasteiger partial charge < -0.3 is 24.4 Å². The molecule has 0 radical (unpaired) electrons. The summed E-state index contributed by atoms with van der Waals surface area (Å²) < 4.78 is 46.3. The quantitative estimate of drug-likeness (QED) is 0.259. The molecule has 0 bridgehead atoms. The number of carbonyl (C=O) groups excluding carboxylic acids is 2. The molecule has 1 N–H and O–H groups in total. The maximum Gasteiger partial charge on any atom is 0.265 e. The van der Waals surface area contributed by atoms with E-state index in [1.165, 1.54) is 56.6 Å². The van der Waals surface area contributed by atoms with Gasteiger partial charge in [-0.05, 0) is 68.8 Å². The van der Waals surface area contributed by atoms with Crippen LogP contribution >= 0.6 is 27.5 Å². The number of hydrogen-bond acceptors (Lipinski definition) is 7. The standard InChI is InChI=1S/C30H35BrClN3O7S/c1-19(2)33-30(37)20(3)34(17-21-8-7-9-22(31)14-21)29(36)18-35(25-15-23(32)10-12-26(25)40-4)43(38,39)24-11-13-27(41-5)28(16-24)42-6/h7-16,19-20H,17-18H2,1-6H3,(H,33,37)/t20-/m0/s1. The average Bonchev–Trinajstić information content (AvgIpc) is 2.97. The van der Waals surface area contributed by atoms with Crippen molar-refractivity contribution in [1.82, 2.24) is 10.2 Å². The third-order valence-electron chi connectivity index (χ3n) is 6.47. The summed E-state index contributed by atoms with van der Waals surface area (Å²) >= 11 is 9.74. The molecule has 3 rings (SSSR count). The first kappa shape index (κ1) is 34.0. The zero-order valence-corrected chi connectivity index (χ0v) is 27.9. The second kappa shape index (κ2) is 14.8. The van der Waals surface area contributed by atoms with Crippen molar-refractivity contribution in [2.45, 2.75) is 44.3 Å². The topological polar surface area (TPSA) is 114 Å². The minimum Gasteiger partial charge on any atom is -0.495 e. The van der Waals surface area contributed by atoms with Crippen LogP contribution in [0.2, 0.25) is 5.02 Å². The van der Waals surface area contributed by atoms with E-state index in [2.05, 4.69) is 21.2 Å². The average molecular weight is 697 g/mol. The summed E-state index contributed by atoms with van der Waals surface area (Å²) in [4.78, 5) is 28.4. The van der Waals surface area contributed by atoms with Crippen LogP contribution in [0.3, 0.4) is 0 Å². The fourth-order valence-electron chi connectivity index (χ4n) is 4.30. The third-order valence-corrected chi connectivity index (χ3v) is 8.96. The van der Waals surface area contributed by atoms with E-state index in [-0.39, 0.29) is 45.6 Å². The Morgan fingerprint density at radius 3 is 2.16 bits per heavy atom. The third kappa shape index (κ3) is 8.33. The van der Waals surface area contributed by atoms with Gasteiger partial charge in [-0.1, -0.05) is 39.7 Å². The number of benzene rings is 3. The van der Waals surface area contributed by atoms with Crippen LogP contribution in [-0.2, 0) is 26.2 Å². The highest BCUT2D eigenvalue weighted by Gasteiger charge is 2.34. The number of ether oxygens (including phenoxy) is 3. The van der Waals surface area contributed by atoms with Gasteiger partial charge in [-0.25, -0.2) is 8.42 Å². The number of rotatable bonds is 13. The van der Waals surface area contributed by atoms with Crippen LogP contribution in [0, 0.1) is 0 Å². The molecule has 2 amide bonds. The SMILES string of the molecule is COc1ccc(S(=O)(=O)N(CC(=O)N(Cc2cccc(Br)c2)[C@@H](C)C(=O)NC(C)C)c2cc(Cl)ccc2OC)cc1OC. The molecule has 3 aromatic rings. The number of halogens is 2. The van der Waals surface area contributed by atoms with E-state index in [0.29, 0.717) is 5.75 Å². The molecule has 0 aliphatic heterocycles. The van der Waals surface area contributed by atoms with Gasteiger partial charge in [0.2, 0.25) is 11.8 Å². The fraction of sp³-hybridized carbons (Fsp3) is 0.333. The van der Waals surface area contributed by atoms with Gasteiger partial charge in [-0.3, -0.25) is 13.9 Å². The minimum atomic E-state index is -4.43. The maximum atomic E-state index is 14.3. The van der Waals surface area contributed by atoms with Gasteiger partial charge in [0, 0.05) is 28.1 Å². The Hall–Kier alpha value is -3.48. The van der Waals surface area contributed by atoms with E-state index in [1.807, 2.05) is 38.1 Å². The molecule has 0 aliphatic rings. The molecule has 0 unspecified atom stereocenters. The van der Waals surface area contributed by atoms with Crippen LogP contribution in [0.1, 0.15) is 26.3 Å². The van der Waals surface area contributed by atoms with Crippen molar-refractivity contribution in [3.05, 3.63) is 75.7 Å². The molecule has 0 saturated heterocycles. The summed E-state index contributed by atoms with van der Waals surface area (Å²) in [7, 11) is -0.225. The molecule has 0 spiro atoms. The number of carbonyl (C=O) groups is 2. The van der Waals surface area contributed by atoms with Gasteiger partial charge in [-0.15, -0.1) is 0 Å². The zero-order chi connectivity index (χ0) is 31.9. The molecule has 0 aromatic heterocycles. The van der Waals surface area contributed by atoms with Crippen molar-refractivity contribution in [3.8, 4) is 17.2 Å². The number of amides is 2. The van der Waals surface area contributed by atoms with E-state index in [9.17, 15) is 18.0 Å². The van der Waals surface area contributed by atoms with Crippen molar-refractivity contribution in [2.75, 3.05) is 32.2 Å². The molecule has 0 aliphatic carbocycles. The number of hydrogen-bond donors (Lipinski definition) is 1. The van der Waals surface area contributed by atoms with Gasteiger partial charge in [0.25, 0.3) is 10.0 Å². The summed E-state index contributed by atoms with van der Waals surface area (Å²) in [5.41, 5.74) is 0.779. The van der Waals surface area contributed by atoms with E-state index >= 15 is 0 Å². The Kier molecular flexibility index (Phi) is 11.7. The van der Waals surface area contributed by atoms with Crippen LogP contribution in [0.5, 0.6) is 17.2 Å². The number of methoxy groups -OCH3 is 3. The molecule has 232 valence electrons. The minimum absolute atomic E-state index is 0.0415. The number of nitrogens with zero attached hydrogens (tertiary/aromatic N) is 2. The fourth-order valence-corrected chi connectivity index (χ4v) is 6.34. The lowest BCUT2D eigenvalue weighted by Gasteiger charge is -2.32. The number of anilines is 1. The molecule has 0 fully saturated rings. The van der Waals surface area contributed by atoms with Gasteiger partial charge >= 0.3 is 0 Å². The number of nitrogens with one attached hydrogen (secondary N) is 1. The lowest BCUT2D eigenvalue weighted by molar-refractivity contribution is -0.139. The Labute approximate surface area is 266 Å². The summed E-state index contributed by atoms with van der Waals surface area (Å²) in [5.74, 6) is -0.325. The summed E-state index contributed by atoms with van der Waals surface area (Å²) in [6.45, 7) is 4.60. The first-order valence-corrected chi connectivity index (χ1v) is 15.9. The highest BCUT2D eigenvalue weighted by molar-refractivity contribution is 9.10. The predicted molar refractivity (Wildman–Crippen MR) is 170 cm³/mol. The summed E-state index contributed by atoms with van der Waals surface area (Å²) in [6.07, 6.45) is 0. The lowest BCUT2D eigenvalue weighted by atomic mass is 10.1. The van der Waals surface area contributed by atoms with Gasteiger partial charge in [0.1, 0.15) is 18.3 Å². The second-order valence-corrected chi connectivity index (χ2v) is 13.0. The van der Waals surface area contributed by atoms with Crippen molar-refractivity contribution >= 4 is 55.1 Å². The van der Waals surface area contributed by atoms with E-state index < -0.39 is 28.5 Å². The van der Waals surface area contributed by atoms with Crippen molar-refractivity contribution in [1.29, 1.82) is 0 Å². The molecule has 43 heavy (non-hydrogen) atoms. The van der Waals surface area contributed by atoms with Crippen LogP contribution in [0.4, 0.5) is 5.69 Å². The van der Waals surface area contributed by atoms with Crippen molar-refractivity contribution in [3.63, 3.8) is 0 Å². The van der Waals surface area contributed by atoms with Crippen LogP contribution in [-0.4, -0.2) is 65.1 Å². The highest BCUT2D eigenvalue weighted by atomic mass is 79.9. The molecule has 3 aromatic carbocycles. The Morgan fingerprint density at radius 2 is 1.56 bits per heavy atom. The predicted octanol–water partition coefficient (Wildman–Crippen LogP) is 5.27. The molecule has 13 heteroatoms. The largest absolute Gasteiger partial charge is 0.495 e. The van der Waals surface area contributed by atoms with Crippen LogP contribution < -0.4 is 23.8 Å². The zero-order valence-electron chi connectivity index (χ0n) is 24.8. The van der Waals surface area contributed by atoms with Crippen LogP contribution in [0.25, 0.3) is 0 Å². The molecule has 0 saturated carbocycles.